The molecule has 0 saturated heterocycles. The molecule has 2 heteroatoms. The van der Waals surface area contributed by atoms with Crippen molar-refractivity contribution < 1.29 is 0 Å². The summed E-state index contributed by atoms with van der Waals surface area (Å²) < 4.78 is 0. The zero-order chi connectivity index (χ0) is 12.3. The van der Waals surface area contributed by atoms with Crippen LogP contribution < -0.4 is 5.32 Å². The van der Waals surface area contributed by atoms with Gasteiger partial charge in [-0.25, -0.2) is 0 Å². The molecule has 0 spiro atoms. The molecule has 0 atom stereocenters. The van der Waals surface area contributed by atoms with E-state index in [-0.39, 0.29) is 5.54 Å². The van der Waals surface area contributed by atoms with Crippen LogP contribution in [0.5, 0.6) is 0 Å². The average molecular weight is 228 g/mol. The van der Waals surface area contributed by atoms with Gasteiger partial charge in [0.05, 0.1) is 6.07 Å². The van der Waals surface area contributed by atoms with E-state index in [0.717, 1.165) is 37.3 Å². The smallest absolute Gasteiger partial charge is 0.125 e. The summed E-state index contributed by atoms with van der Waals surface area (Å²) >= 11 is 0. The summed E-state index contributed by atoms with van der Waals surface area (Å²) in [5, 5.41) is 12.9. The van der Waals surface area contributed by atoms with Crippen molar-refractivity contribution in [1.29, 1.82) is 5.26 Å². The normalized spacial score (nSPS) is 28.4. The molecule has 17 heavy (non-hydrogen) atoms. The highest BCUT2D eigenvalue weighted by Gasteiger charge is 2.34. The van der Waals surface area contributed by atoms with Crippen LogP contribution >= 0.6 is 0 Å². The van der Waals surface area contributed by atoms with Crippen molar-refractivity contribution in [1.82, 2.24) is 0 Å². The lowest BCUT2D eigenvalue weighted by atomic mass is 9.78. The number of anilines is 1. The van der Waals surface area contributed by atoms with Crippen molar-refractivity contribution in [3.63, 3.8) is 0 Å². The molecule has 0 heterocycles. The molecule has 1 saturated carbocycles. The molecule has 0 unspecified atom stereocenters. The molecule has 1 fully saturated rings. The molecule has 90 valence electrons. The fraction of sp³-hybridized carbons (Fsp3) is 0.533. The first-order valence-corrected chi connectivity index (χ1v) is 6.40. The second-order valence-electron chi connectivity index (χ2n) is 5.32. The molecule has 2 nitrogen and oxygen atoms in total. The maximum Gasteiger partial charge on any atom is 0.125 e. The van der Waals surface area contributed by atoms with Gasteiger partial charge in [0, 0.05) is 5.69 Å². The molecule has 0 amide bonds. The number of aryl methyl sites for hydroxylation is 1. The van der Waals surface area contributed by atoms with Gasteiger partial charge >= 0.3 is 0 Å². The Morgan fingerprint density at radius 3 is 2.53 bits per heavy atom. The van der Waals surface area contributed by atoms with E-state index in [4.69, 9.17) is 0 Å². The van der Waals surface area contributed by atoms with Crippen LogP contribution in [0.2, 0.25) is 0 Å². The minimum atomic E-state index is -0.349. The van der Waals surface area contributed by atoms with Gasteiger partial charge in [0.2, 0.25) is 0 Å². The molecule has 1 N–H and O–H groups in total. The highest BCUT2D eigenvalue weighted by Crippen LogP contribution is 2.34. The number of benzene rings is 1. The number of hydrogen-bond donors (Lipinski definition) is 1. The first-order valence-electron chi connectivity index (χ1n) is 6.40. The van der Waals surface area contributed by atoms with Gasteiger partial charge < -0.3 is 5.32 Å². The SMILES string of the molecule is Cc1ccccc1NC1(C#N)CCC(C)CC1. The number of nitrogens with one attached hydrogen (secondary N) is 1. The Labute approximate surface area is 104 Å². The van der Waals surface area contributed by atoms with E-state index in [0.29, 0.717) is 0 Å². The average Bonchev–Trinajstić information content (AvgIpc) is 2.35. The molecule has 0 radical (unpaired) electrons. The van der Waals surface area contributed by atoms with E-state index in [1.54, 1.807) is 0 Å². The van der Waals surface area contributed by atoms with Gasteiger partial charge in [-0.2, -0.15) is 5.26 Å². The quantitative estimate of drug-likeness (QED) is 0.833. The maximum absolute atomic E-state index is 9.47. The Kier molecular flexibility index (Phi) is 3.38. The van der Waals surface area contributed by atoms with E-state index in [1.807, 2.05) is 12.1 Å². The van der Waals surface area contributed by atoms with E-state index < -0.39 is 0 Å². The second kappa shape index (κ2) is 4.79. The Balaban J connectivity index is 2.16. The predicted octanol–water partition coefficient (Wildman–Crippen LogP) is 3.88. The molecule has 1 aromatic carbocycles. The Hall–Kier alpha value is -1.49. The van der Waals surface area contributed by atoms with Crippen molar-refractivity contribution in [2.45, 2.75) is 45.1 Å². The van der Waals surface area contributed by atoms with Gasteiger partial charge in [-0.1, -0.05) is 25.1 Å². The van der Waals surface area contributed by atoms with Gasteiger partial charge in [0.15, 0.2) is 0 Å². The Morgan fingerprint density at radius 2 is 1.94 bits per heavy atom. The summed E-state index contributed by atoms with van der Waals surface area (Å²) in [6.45, 7) is 4.36. The van der Waals surface area contributed by atoms with Crippen LogP contribution in [0.4, 0.5) is 5.69 Å². The van der Waals surface area contributed by atoms with E-state index in [2.05, 4.69) is 37.4 Å². The van der Waals surface area contributed by atoms with Gasteiger partial charge in [-0.15, -0.1) is 0 Å². The molecule has 2 rings (SSSR count). The minimum absolute atomic E-state index is 0.349. The van der Waals surface area contributed by atoms with Crippen molar-refractivity contribution in [3.8, 4) is 6.07 Å². The first-order chi connectivity index (χ1) is 8.15. The molecule has 0 aromatic heterocycles. The Bertz CT molecular complexity index is 423. The van der Waals surface area contributed by atoms with Crippen LogP contribution in [0.25, 0.3) is 0 Å². The molecular weight excluding hydrogens is 208 g/mol. The third-order valence-corrected chi connectivity index (χ3v) is 3.86. The number of rotatable bonds is 2. The fourth-order valence-corrected chi connectivity index (χ4v) is 2.49. The number of para-hydroxylation sites is 1. The molecule has 0 bridgehead atoms. The predicted molar refractivity (Wildman–Crippen MR) is 70.8 cm³/mol. The zero-order valence-corrected chi connectivity index (χ0v) is 10.7. The molecule has 1 aliphatic rings. The van der Waals surface area contributed by atoms with E-state index >= 15 is 0 Å². The lowest BCUT2D eigenvalue weighted by Crippen LogP contribution is -2.40. The highest BCUT2D eigenvalue weighted by atomic mass is 15.0. The van der Waals surface area contributed by atoms with E-state index in [1.165, 1.54) is 5.56 Å². The standard InChI is InChI=1S/C15H20N2/c1-12-7-9-15(11-16,10-8-12)17-14-6-4-3-5-13(14)2/h3-6,12,17H,7-10H2,1-2H3. The van der Waals surface area contributed by atoms with Crippen LogP contribution in [0.15, 0.2) is 24.3 Å². The molecular formula is C15H20N2. The Morgan fingerprint density at radius 1 is 1.29 bits per heavy atom. The van der Waals surface area contributed by atoms with Gasteiger partial charge in [-0.05, 0) is 50.2 Å². The first kappa shape index (κ1) is 12.0. The number of hydrogen-bond acceptors (Lipinski definition) is 2. The summed E-state index contributed by atoms with van der Waals surface area (Å²) in [6, 6.07) is 10.7. The monoisotopic (exact) mass is 228 g/mol. The number of nitriles is 1. The minimum Gasteiger partial charge on any atom is -0.367 e. The van der Waals surface area contributed by atoms with Crippen LogP contribution in [-0.4, -0.2) is 5.54 Å². The van der Waals surface area contributed by atoms with Gasteiger partial charge in [0.1, 0.15) is 5.54 Å². The number of nitrogens with zero attached hydrogens (tertiary/aromatic N) is 1. The lowest BCUT2D eigenvalue weighted by Gasteiger charge is -2.35. The fourth-order valence-electron chi connectivity index (χ4n) is 2.49. The molecule has 1 aliphatic carbocycles. The van der Waals surface area contributed by atoms with Crippen LogP contribution in [0, 0.1) is 24.2 Å². The second-order valence-corrected chi connectivity index (χ2v) is 5.32. The van der Waals surface area contributed by atoms with Gasteiger partial charge in [0.25, 0.3) is 0 Å². The largest absolute Gasteiger partial charge is 0.367 e. The third-order valence-electron chi connectivity index (χ3n) is 3.86. The summed E-state index contributed by atoms with van der Waals surface area (Å²) in [7, 11) is 0. The van der Waals surface area contributed by atoms with Crippen molar-refractivity contribution in [2.24, 2.45) is 5.92 Å². The molecule has 1 aromatic rings. The summed E-state index contributed by atoms with van der Waals surface area (Å²) in [5.41, 5.74) is 1.96. The maximum atomic E-state index is 9.47. The zero-order valence-electron chi connectivity index (χ0n) is 10.7. The van der Waals surface area contributed by atoms with Gasteiger partial charge in [-0.3, -0.25) is 0 Å². The summed E-state index contributed by atoms with van der Waals surface area (Å²) in [6.07, 6.45) is 4.21. The third kappa shape index (κ3) is 2.61. The van der Waals surface area contributed by atoms with Crippen molar-refractivity contribution in [3.05, 3.63) is 29.8 Å². The highest BCUT2D eigenvalue weighted by molar-refractivity contribution is 5.53. The van der Waals surface area contributed by atoms with Crippen LogP contribution in [-0.2, 0) is 0 Å². The lowest BCUT2D eigenvalue weighted by molar-refractivity contribution is 0.314. The summed E-state index contributed by atoms with van der Waals surface area (Å²) in [5.74, 6) is 0.759. The van der Waals surface area contributed by atoms with Crippen molar-refractivity contribution >= 4 is 5.69 Å². The van der Waals surface area contributed by atoms with E-state index in [9.17, 15) is 5.26 Å². The van der Waals surface area contributed by atoms with Crippen molar-refractivity contribution in [2.75, 3.05) is 5.32 Å². The van der Waals surface area contributed by atoms with Crippen LogP contribution in [0.3, 0.4) is 0 Å². The molecule has 0 aliphatic heterocycles. The summed E-state index contributed by atoms with van der Waals surface area (Å²) in [4.78, 5) is 0. The van der Waals surface area contributed by atoms with Crippen LogP contribution in [0.1, 0.15) is 38.2 Å². The topological polar surface area (TPSA) is 35.8 Å².